The van der Waals surface area contributed by atoms with E-state index < -0.39 is 10.0 Å². The molecule has 6 nitrogen and oxygen atoms in total. The molecule has 0 aliphatic heterocycles. The van der Waals surface area contributed by atoms with Crippen molar-refractivity contribution < 1.29 is 13.2 Å². The minimum Gasteiger partial charge on any atom is -0.489 e. The van der Waals surface area contributed by atoms with Crippen molar-refractivity contribution in [2.75, 3.05) is 19.3 Å². The maximum atomic E-state index is 11.0. The molecular formula is C18H21N3O3S. The second-order valence-electron chi connectivity index (χ2n) is 5.59. The smallest absolute Gasteiger partial charge is 0.208 e. The van der Waals surface area contributed by atoms with Crippen molar-refractivity contribution in [1.82, 2.24) is 10.0 Å². The Morgan fingerprint density at radius 3 is 2.60 bits per heavy atom. The number of hydrogen-bond donors (Lipinski definition) is 2. The third-order valence-electron chi connectivity index (χ3n) is 3.36. The van der Waals surface area contributed by atoms with Crippen molar-refractivity contribution in [3.63, 3.8) is 0 Å². The molecule has 0 saturated carbocycles. The van der Waals surface area contributed by atoms with E-state index in [1.54, 1.807) is 12.1 Å². The second kappa shape index (κ2) is 9.18. The van der Waals surface area contributed by atoms with Gasteiger partial charge in [-0.2, -0.15) is 5.26 Å². The van der Waals surface area contributed by atoms with E-state index in [9.17, 15) is 8.42 Å². The quantitative estimate of drug-likeness (QED) is 0.666. The maximum absolute atomic E-state index is 11.0. The highest BCUT2D eigenvalue weighted by molar-refractivity contribution is 7.88. The monoisotopic (exact) mass is 359 g/mol. The predicted octanol–water partition coefficient (Wildman–Crippen LogP) is 1.78. The molecule has 0 heterocycles. The first-order valence-corrected chi connectivity index (χ1v) is 9.71. The van der Waals surface area contributed by atoms with Crippen LogP contribution in [-0.2, 0) is 23.2 Å². The van der Waals surface area contributed by atoms with Crippen molar-refractivity contribution in [2.24, 2.45) is 0 Å². The van der Waals surface area contributed by atoms with Crippen LogP contribution in [0.15, 0.2) is 48.5 Å². The summed E-state index contributed by atoms with van der Waals surface area (Å²) in [7, 11) is -3.14. The molecule has 2 aromatic carbocycles. The fourth-order valence-electron chi connectivity index (χ4n) is 2.20. The number of sulfonamides is 1. The fraction of sp³-hybridized carbons (Fsp3) is 0.278. The number of nitrogens with one attached hydrogen (secondary N) is 2. The first-order chi connectivity index (χ1) is 12.0. The van der Waals surface area contributed by atoms with Gasteiger partial charge in [0, 0.05) is 19.6 Å². The molecule has 0 fully saturated rings. The van der Waals surface area contributed by atoms with E-state index in [0.717, 1.165) is 23.1 Å². The largest absolute Gasteiger partial charge is 0.489 e. The summed E-state index contributed by atoms with van der Waals surface area (Å²) in [6, 6.07) is 17.1. The highest BCUT2D eigenvalue weighted by atomic mass is 32.2. The van der Waals surface area contributed by atoms with Crippen LogP contribution < -0.4 is 14.8 Å². The minimum atomic E-state index is -3.14. The molecule has 0 aromatic heterocycles. The molecule has 0 saturated heterocycles. The van der Waals surface area contributed by atoms with Gasteiger partial charge in [0.25, 0.3) is 0 Å². The highest BCUT2D eigenvalue weighted by Gasteiger charge is 2.01. The number of nitrogens with zero attached hydrogens (tertiary/aromatic N) is 1. The van der Waals surface area contributed by atoms with Crippen LogP contribution in [0, 0.1) is 11.3 Å². The van der Waals surface area contributed by atoms with E-state index in [4.69, 9.17) is 10.00 Å². The third-order valence-corrected chi connectivity index (χ3v) is 4.08. The molecule has 0 aliphatic carbocycles. The number of hydrogen-bond acceptors (Lipinski definition) is 5. The summed E-state index contributed by atoms with van der Waals surface area (Å²) in [4.78, 5) is 0. The van der Waals surface area contributed by atoms with Gasteiger partial charge in [-0.25, -0.2) is 13.1 Å². The summed E-state index contributed by atoms with van der Waals surface area (Å²) in [5.41, 5.74) is 2.60. The Bertz CT molecular complexity index is 845. The van der Waals surface area contributed by atoms with Crippen molar-refractivity contribution in [2.45, 2.75) is 13.2 Å². The van der Waals surface area contributed by atoms with Gasteiger partial charge >= 0.3 is 0 Å². The molecule has 25 heavy (non-hydrogen) atoms. The number of ether oxygens (including phenoxy) is 1. The van der Waals surface area contributed by atoms with Crippen LogP contribution >= 0.6 is 0 Å². The molecule has 2 aromatic rings. The molecule has 2 rings (SSSR count). The summed E-state index contributed by atoms with van der Waals surface area (Å²) in [6.45, 7) is 1.90. The van der Waals surface area contributed by atoms with Gasteiger partial charge in [-0.3, -0.25) is 0 Å². The topological polar surface area (TPSA) is 91.2 Å². The summed E-state index contributed by atoms with van der Waals surface area (Å²) < 4.78 is 30.1. The van der Waals surface area contributed by atoms with Gasteiger partial charge in [0.05, 0.1) is 17.9 Å². The highest BCUT2D eigenvalue weighted by Crippen LogP contribution is 2.15. The average molecular weight is 359 g/mol. The van der Waals surface area contributed by atoms with E-state index in [2.05, 4.69) is 16.1 Å². The molecule has 0 atom stereocenters. The normalized spacial score (nSPS) is 11.0. The van der Waals surface area contributed by atoms with Crippen LogP contribution in [0.5, 0.6) is 5.75 Å². The second-order valence-corrected chi connectivity index (χ2v) is 7.42. The van der Waals surface area contributed by atoms with E-state index in [-0.39, 0.29) is 0 Å². The Morgan fingerprint density at radius 1 is 1.08 bits per heavy atom. The third kappa shape index (κ3) is 7.35. The first-order valence-electron chi connectivity index (χ1n) is 7.82. The zero-order chi connectivity index (χ0) is 18.1. The van der Waals surface area contributed by atoms with Crippen molar-refractivity contribution in [3.05, 3.63) is 65.2 Å². The van der Waals surface area contributed by atoms with Gasteiger partial charge in [0.1, 0.15) is 12.4 Å². The Balaban J connectivity index is 1.81. The summed E-state index contributed by atoms with van der Waals surface area (Å²) in [5.74, 6) is 0.746. The van der Waals surface area contributed by atoms with E-state index in [1.807, 2.05) is 36.4 Å². The predicted molar refractivity (Wildman–Crippen MR) is 96.5 cm³/mol. The van der Waals surface area contributed by atoms with Crippen LogP contribution in [0.2, 0.25) is 0 Å². The molecule has 0 radical (unpaired) electrons. The number of nitriles is 1. The van der Waals surface area contributed by atoms with E-state index >= 15 is 0 Å². The standard InChI is InChI=1S/C18H21N3O3S/c1-25(22,23)21-9-8-20-13-16-5-3-7-18(11-16)24-14-17-6-2-4-15(10-17)12-19/h2-7,10-11,20-21H,8-9,13-14H2,1H3. The SMILES string of the molecule is CS(=O)(=O)NCCNCc1cccc(OCc2cccc(C#N)c2)c1. The Labute approximate surface area is 148 Å². The fourth-order valence-corrected chi connectivity index (χ4v) is 2.67. The van der Waals surface area contributed by atoms with Gasteiger partial charge in [-0.15, -0.1) is 0 Å². The minimum absolute atomic E-state index is 0.351. The average Bonchev–Trinajstić information content (AvgIpc) is 2.59. The van der Waals surface area contributed by atoms with Crippen molar-refractivity contribution in [1.29, 1.82) is 5.26 Å². The molecule has 132 valence electrons. The van der Waals surface area contributed by atoms with Crippen LogP contribution in [0.25, 0.3) is 0 Å². The number of benzene rings is 2. The van der Waals surface area contributed by atoms with Crippen LogP contribution in [0.4, 0.5) is 0 Å². The molecule has 0 amide bonds. The molecule has 0 unspecified atom stereocenters. The zero-order valence-corrected chi connectivity index (χ0v) is 14.8. The van der Waals surface area contributed by atoms with Gasteiger partial charge < -0.3 is 10.1 Å². The lowest BCUT2D eigenvalue weighted by atomic mass is 10.1. The van der Waals surface area contributed by atoms with E-state index in [1.165, 1.54) is 0 Å². The van der Waals surface area contributed by atoms with Gasteiger partial charge in [-0.1, -0.05) is 24.3 Å². The van der Waals surface area contributed by atoms with Crippen molar-refractivity contribution in [3.8, 4) is 11.8 Å². The van der Waals surface area contributed by atoms with Gasteiger partial charge in [0.2, 0.25) is 10.0 Å². The van der Waals surface area contributed by atoms with Gasteiger partial charge in [-0.05, 0) is 35.4 Å². The van der Waals surface area contributed by atoms with Crippen LogP contribution in [-0.4, -0.2) is 27.8 Å². The first kappa shape index (κ1) is 18.9. The molecule has 7 heteroatoms. The Kier molecular flexibility index (Phi) is 6.95. The Morgan fingerprint density at radius 2 is 1.84 bits per heavy atom. The van der Waals surface area contributed by atoms with Crippen LogP contribution in [0.3, 0.4) is 0 Å². The lowest BCUT2D eigenvalue weighted by molar-refractivity contribution is 0.306. The molecule has 2 N–H and O–H groups in total. The lowest BCUT2D eigenvalue weighted by Crippen LogP contribution is -2.30. The van der Waals surface area contributed by atoms with E-state index in [0.29, 0.717) is 31.8 Å². The maximum Gasteiger partial charge on any atom is 0.208 e. The Hall–Kier alpha value is -2.40. The summed E-state index contributed by atoms with van der Waals surface area (Å²) in [6.07, 6.45) is 1.14. The summed E-state index contributed by atoms with van der Waals surface area (Å²) in [5, 5.41) is 12.1. The molecular weight excluding hydrogens is 338 g/mol. The van der Waals surface area contributed by atoms with Crippen LogP contribution in [0.1, 0.15) is 16.7 Å². The molecule has 0 bridgehead atoms. The van der Waals surface area contributed by atoms with Crippen molar-refractivity contribution >= 4 is 10.0 Å². The summed E-state index contributed by atoms with van der Waals surface area (Å²) >= 11 is 0. The lowest BCUT2D eigenvalue weighted by Gasteiger charge is -2.09. The zero-order valence-electron chi connectivity index (χ0n) is 14.0. The number of rotatable bonds is 9. The molecule has 0 spiro atoms. The van der Waals surface area contributed by atoms with Gasteiger partial charge in [0.15, 0.2) is 0 Å². The molecule has 0 aliphatic rings.